The second kappa shape index (κ2) is 6.45. The average molecular weight is 274 g/mol. The van der Waals surface area contributed by atoms with Gasteiger partial charge in [0.1, 0.15) is 12.1 Å². The number of nitriles is 2. The molecule has 0 aliphatic carbocycles. The molecule has 0 spiro atoms. The van der Waals surface area contributed by atoms with Gasteiger partial charge in [0.25, 0.3) is 0 Å². The first-order valence-electron chi connectivity index (χ1n) is 6.57. The second-order valence-electron chi connectivity index (χ2n) is 4.68. The SMILES string of the molecule is CC1=NC(C#N)=C(C#N)N=C(/C=C/c2ccccc2)C1C. The number of hydrogen-bond donors (Lipinski definition) is 0. The predicted molar refractivity (Wildman–Crippen MR) is 83.4 cm³/mol. The van der Waals surface area contributed by atoms with Crippen LogP contribution in [0.15, 0.2) is 57.8 Å². The van der Waals surface area contributed by atoms with Crippen LogP contribution in [-0.4, -0.2) is 11.4 Å². The summed E-state index contributed by atoms with van der Waals surface area (Å²) in [5.41, 5.74) is 2.68. The van der Waals surface area contributed by atoms with Crippen LogP contribution in [0.3, 0.4) is 0 Å². The molecule has 1 heterocycles. The Labute approximate surface area is 124 Å². The summed E-state index contributed by atoms with van der Waals surface area (Å²) in [7, 11) is 0. The Bertz CT molecular complexity index is 737. The number of aliphatic imine (C=N–C) groups is 2. The van der Waals surface area contributed by atoms with Gasteiger partial charge in [-0.15, -0.1) is 0 Å². The summed E-state index contributed by atoms with van der Waals surface area (Å²) < 4.78 is 0. The first-order chi connectivity index (χ1) is 10.2. The maximum absolute atomic E-state index is 9.13. The van der Waals surface area contributed by atoms with Crippen molar-refractivity contribution >= 4 is 17.5 Å². The van der Waals surface area contributed by atoms with E-state index in [2.05, 4.69) is 9.98 Å². The molecule has 1 aliphatic rings. The molecule has 0 N–H and O–H groups in total. The van der Waals surface area contributed by atoms with Crippen LogP contribution in [-0.2, 0) is 0 Å². The molecule has 0 saturated heterocycles. The van der Waals surface area contributed by atoms with E-state index in [1.807, 2.05) is 68.5 Å². The lowest BCUT2D eigenvalue weighted by atomic mass is 9.99. The number of allylic oxidation sites excluding steroid dienone is 3. The summed E-state index contributed by atoms with van der Waals surface area (Å²) >= 11 is 0. The number of benzene rings is 1. The van der Waals surface area contributed by atoms with E-state index in [9.17, 15) is 0 Å². The van der Waals surface area contributed by atoms with Crippen LogP contribution in [0.25, 0.3) is 6.08 Å². The third-order valence-electron chi connectivity index (χ3n) is 3.28. The van der Waals surface area contributed by atoms with Gasteiger partial charge in [0, 0.05) is 11.6 Å². The van der Waals surface area contributed by atoms with Crippen molar-refractivity contribution in [3.05, 3.63) is 53.4 Å². The normalized spacial score (nSPS) is 18.6. The van der Waals surface area contributed by atoms with E-state index in [0.29, 0.717) is 0 Å². The Kier molecular flexibility index (Phi) is 4.43. The molecule has 1 aliphatic heterocycles. The van der Waals surface area contributed by atoms with E-state index < -0.39 is 0 Å². The van der Waals surface area contributed by atoms with Gasteiger partial charge in [0.15, 0.2) is 11.4 Å². The molecule has 0 fully saturated rings. The molecule has 21 heavy (non-hydrogen) atoms. The zero-order chi connectivity index (χ0) is 15.2. The van der Waals surface area contributed by atoms with Crippen LogP contribution in [0.2, 0.25) is 0 Å². The zero-order valence-electron chi connectivity index (χ0n) is 11.9. The van der Waals surface area contributed by atoms with Gasteiger partial charge in [-0.05, 0) is 18.6 Å². The molecule has 4 nitrogen and oxygen atoms in total. The first kappa shape index (κ1) is 14.4. The molecule has 0 bridgehead atoms. The lowest BCUT2D eigenvalue weighted by molar-refractivity contribution is 1.05. The molecule has 1 unspecified atom stereocenters. The largest absolute Gasteiger partial charge is 0.243 e. The molecule has 2 rings (SSSR count). The van der Waals surface area contributed by atoms with Crippen LogP contribution in [0, 0.1) is 28.6 Å². The van der Waals surface area contributed by atoms with Crippen LogP contribution in [0.4, 0.5) is 0 Å². The van der Waals surface area contributed by atoms with Gasteiger partial charge in [-0.1, -0.05) is 43.3 Å². The van der Waals surface area contributed by atoms with Crippen molar-refractivity contribution in [1.82, 2.24) is 0 Å². The van der Waals surface area contributed by atoms with Gasteiger partial charge in [-0.2, -0.15) is 10.5 Å². The van der Waals surface area contributed by atoms with Crippen molar-refractivity contribution in [1.29, 1.82) is 10.5 Å². The monoisotopic (exact) mass is 274 g/mol. The maximum Gasteiger partial charge on any atom is 0.177 e. The lowest BCUT2D eigenvalue weighted by Gasteiger charge is -2.09. The van der Waals surface area contributed by atoms with E-state index in [0.717, 1.165) is 17.0 Å². The van der Waals surface area contributed by atoms with Crippen molar-refractivity contribution in [3.8, 4) is 12.1 Å². The third-order valence-corrected chi connectivity index (χ3v) is 3.28. The highest BCUT2D eigenvalue weighted by Gasteiger charge is 2.18. The topological polar surface area (TPSA) is 72.3 Å². The molecular weight excluding hydrogens is 260 g/mol. The fourth-order valence-corrected chi connectivity index (χ4v) is 1.90. The minimum atomic E-state index is -0.0424. The van der Waals surface area contributed by atoms with Crippen LogP contribution >= 0.6 is 0 Å². The molecule has 1 atom stereocenters. The molecule has 0 amide bonds. The lowest BCUT2D eigenvalue weighted by Crippen LogP contribution is -2.16. The molecule has 0 radical (unpaired) electrons. The van der Waals surface area contributed by atoms with E-state index in [4.69, 9.17) is 10.5 Å². The molecule has 4 heteroatoms. The number of nitrogens with zero attached hydrogens (tertiary/aromatic N) is 4. The zero-order valence-corrected chi connectivity index (χ0v) is 11.9. The van der Waals surface area contributed by atoms with E-state index in [1.165, 1.54) is 0 Å². The summed E-state index contributed by atoms with van der Waals surface area (Å²) in [6.45, 7) is 3.80. The van der Waals surface area contributed by atoms with Crippen molar-refractivity contribution in [2.75, 3.05) is 0 Å². The Hall–Kier alpha value is -2.98. The van der Waals surface area contributed by atoms with Crippen LogP contribution in [0.1, 0.15) is 19.4 Å². The first-order valence-corrected chi connectivity index (χ1v) is 6.57. The summed E-state index contributed by atoms with van der Waals surface area (Å²) in [4.78, 5) is 8.50. The fraction of sp³-hybridized carbons (Fsp3) is 0.176. The molecule has 102 valence electrons. The highest BCUT2D eigenvalue weighted by Crippen LogP contribution is 2.18. The maximum atomic E-state index is 9.13. The third kappa shape index (κ3) is 3.32. The van der Waals surface area contributed by atoms with Gasteiger partial charge < -0.3 is 0 Å². The van der Waals surface area contributed by atoms with Gasteiger partial charge in [-0.3, -0.25) is 0 Å². The molecule has 1 aromatic carbocycles. The van der Waals surface area contributed by atoms with Crippen molar-refractivity contribution in [3.63, 3.8) is 0 Å². The van der Waals surface area contributed by atoms with Crippen molar-refractivity contribution in [2.24, 2.45) is 15.9 Å². The Morgan fingerprint density at radius 3 is 2.24 bits per heavy atom. The van der Waals surface area contributed by atoms with Crippen molar-refractivity contribution in [2.45, 2.75) is 13.8 Å². The molecule has 0 saturated carbocycles. The second-order valence-corrected chi connectivity index (χ2v) is 4.68. The van der Waals surface area contributed by atoms with E-state index >= 15 is 0 Å². The van der Waals surface area contributed by atoms with Gasteiger partial charge in [0.2, 0.25) is 0 Å². The Balaban J connectivity index is 2.43. The number of rotatable bonds is 2. The Morgan fingerprint density at radius 1 is 1.00 bits per heavy atom. The standard InChI is InChI=1S/C17H14N4/c1-12-13(2)20-16(10-18)17(11-19)21-15(12)9-8-14-6-4-3-5-7-14/h3-9,12H,1-2H3/b9-8+. The highest BCUT2D eigenvalue weighted by molar-refractivity contribution is 6.14. The van der Waals surface area contributed by atoms with Gasteiger partial charge in [-0.25, -0.2) is 9.98 Å². The minimum absolute atomic E-state index is 0.0424. The van der Waals surface area contributed by atoms with Crippen LogP contribution in [0.5, 0.6) is 0 Å². The van der Waals surface area contributed by atoms with Gasteiger partial charge in [0.05, 0.1) is 5.71 Å². The summed E-state index contributed by atoms with van der Waals surface area (Å²) in [6, 6.07) is 13.7. The van der Waals surface area contributed by atoms with Crippen LogP contribution < -0.4 is 0 Å². The smallest absolute Gasteiger partial charge is 0.177 e. The minimum Gasteiger partial charge on any atom is -0.243 e. The van der Waals surface area contributed by atoms with Gasteiger partial charge >= 0.3 is 0 Å². The quantitative estimate of drug-likeness (QED) is 0.827. The fourth-order valence-electron chi connectivity index (χ4n) is 1.90. The predicted octanol–water partition coefficient (Wildman–Crippen LogP) is 3.51. The molecule has 1 aromatic rings. The van der Waals surface area contributed by atoms with E-state index in [1.54, 1.807) is 0 Å². The van der Waals surface area contributed by atoms with Crippen molar-refractivity contribution < 1.29 is 0 Å². The summed E-state index contributed by atoms with van der Waals surface area (Å²) in [6.07, 6.45) is 3.81. The average Bonchev–Trinajstić information content (AvgIpc) is 2.64. The van der Waals surface area contributed by atoms with E-state index in [-0.39, 0.29) is 17.3 Å². The number of hydrogen-bond acceptors (Lipinski definition) is 4. The molecule has 0 aromatic heterocycles. The molecular formula is C17H14N4. The highest BCUT2D eigenvalue weighted by atomic mass is 14.9. The Morgan fingerprint density at radius 2 is 1.62 bits per heavy atom. The summed E-state index contributed by atoms with van der Waals surface area (Å²) in [5.74, 6) is -0.0424. The summed E-state index contributed by atoms with van der Waals surface area (Å²) in [5, 5.41) is 18.2.